The molecule has 0 aliphatic carbocycles. The van der Waals surface area contributed by atoms with Gasteiger partial charge in [-0.05, 0) is 58.8 Å². The molecular formula is C18H15NO5S. The van der Waals surface area contributed by atoms with E-state index in [1.54, 1.807) is 6.08 Å². The normalized spacial score (nSPS) is 15.6. The minimum atomic E-state index is -0.834. The standard InChI is InChI=1S/C18H15NO5S/c20-16(21)2-1-7-24-14-6-5-12-8-11(3-4-13(12)10-14)9-15-17(22)19-18(23)25-15/h3-6,8-10H,1-2,7H2,(H,20,21)(H,19,22,23)/b15-9+. The molecule has 2 amide bonds. The molecular weight excluding hydrogens is 342 g/mol. The van der Waals surface area contributed by atoms with Gasteiger partial charge in [-0.1, -0.05) is 18.2 Å². The second kappa shape index (κ2) is 7.40. The van der Waals surface area contributed by atoms with Crippen molar-refractivity contribution in [3.63, 3.8) is 0 Å². The number of rotatable bonds is 6. The molecule has 0 unspecified atom stereocenters. The van der Waals surface area contributed by atoms with Crippen molar-refractivity contribution in [1.29, 1.82) is 0 Å². The van der Waals surface area contributed by atoms with E-state index < -0.39 is 5.97 Å². The first kappa shape index (κ1) is 17.0. The van der Waals surface area contributed by atoms with Crippen LogP contribution in [0.4, 0.5) is 4.79 Å². The van der Waals surface area contributed by atoms with Crippen molar-refractivity contribution >= 4 is 45.7 Å². The van der Waals surface area contributed by atoms with Gasteiger partial charge in [0.2, 0.25) is 0 Å². The highest BCUT2D eigenvalue weighted by atomic mass is 32.2. The van der Waals surface area contributed by atoms with Gasteiger partial charge in [-0.3, -0.25) is 19.7 Å². The maximum atomic E-state index is 11.6. The number of carboxylic acid groups (broad SMARTS) is 1. The Balaban J connectivity index is 1.73. The lowest BCUT2D eigenvalue weighted by Crippen LogP contribution is -2.17. The third-order valence-electron chi connectivity index (χ3n) is 3.58. The summed E-state index contributed by atoms with van der Waals surface area (Å²) in [4.78, 5) is 33.6. The van der Waals surface area contributed by atoms with Crippen LogP contribution in [0.25, 0.3) is 16.8 Å². The summed E-state index contributed by atoms with van der Waals surface area (Å²) in [6.07, 6.45) is 2.22. The number of carbonyl (C=O) groups is 3. The van der Waals surface area contributed by atoms with Gasteiger partial charge >= 0.3 is 5.97 Å². The van der Waals surface area contributed by atoms with E-state index >= 15 is 0 Å². The maximum absolute atomic E-state index is 11.6. The van der Waals surface area contributed by atoms with E-state index in [9.17, 15) is 14.4 Å². The second-order valence-electron chi connectivity index (χ2n) is 5.47. The zero-order chi connectivity index (χ0) is 17.8. The van der Waals surface area contributed by atoms with Gasteiger partial charge in [0.05, 0.1) is 11.5 Å². The SMILES string of the molecule is O=C(O)CCCOc1ccc2cc(/C=C3/SC(=O)NC3=O)ccc2c1. The van der Waals surface area contributed by atoms with E-state index in [0.717, 1.165) is 28.1 Å². The summed E-state index contributed by atoms with van der Waals surface area (Å²) >= 11 is 0.889. The fourth-order valence-electron chi connectivity index (χ4n) is 2.41. The Kier molecular flexibility index (Phi) is 5.04. The minimum Gasteiger partial charge on any atom is -0.494 e. The highest BCUT2D eigenvalue weighted by Gasteiger charge is 2.24. The molecule has 0 saturated carbocycles. The quantitative estimate of drug-likeness (QED) is 0.608. The lowest BCUT2D eigenvalue weighted by atomic mass is 10.1. The average Bonchev–Trinajstić information content (AvgIpc) is 2.89. The van der Waals surface area contributed by atoms with Crippen molar-refractivity contribution in [2.45, 2.75) is 12.8 Å². The van der Waals surface area contributed by atoms with E-state index in [2.05, 4.69) is 5.32 Å². The van der Waals surface area contributed by atoms with Crippen LogP contribution in [-0.4, -0.2) is 28.8 Å². The molecule has 1 saturated heterocycles. The van der Waals surface area contributed by atoms with Crippen molar-refractivity contribution in [2.24, 2.45) is 0 Å². The van der Waals surface area contributed by atoms with E-state index in [1.807, 2.05) is 36.4 Å². The molecule has 25 heavy (non-hydrogen) atoms. The van der Waals surface area contributed by atoms with Crippen molar-refractivity contribution < 1.29 is 24.2 Å². The van der Waals surface area contributed by atoms with Gasteiger partial charge in [0.15, 0.2) is 0 Å². The number of thioether (sulfide) groups is 1. The lowest BCUT2D eigenvalue weighted by molar-refractivity contribution is -0.137. The summed E-state index contributed by atoms with van der Waals surface area (Å²) in [6, 6.07) is 11.3. The van der Waals surface area contributed by atoms with E-state index in [4.69, 9.17) is 9.84 Å². The van der Waals surface area contributed by atoms with Crippen LogP contribution in [0, 0.1) is 0 Å². The minimum absolute atomic E-state index is 0.0830. The molecule has 2 N–H and O–H groups in total. The Morgan fingerprint density at radius 1 is 1.16 bits per heavy atom. The van der Waals surface area contributed by atoms with Gasteiger partial charge in [-0.2, -0.15) is 0 Å². The number of aliphatic carboxylic acids is 1. The molecule has 1 fully saturated rings. The number of hydrogen-bond donors (Lipinski definition) is 2. The Hall–Kier alpha value is -2.80. The maximum Gasteiger partial charge on any atom is 0.303 e. The second-order valence-corrected chi connectivity index (χ2v) is 6.48. The molecule has 0 radical (unpaired) electrons. The van der Waals surface area contributed by atoms with Gasteiger partial charge in [-0.25, -0.2) is 0 Å². The van der Waals surface area contributed by atoms with Gasteiger partial charge in [-0.15, -0.1) is 0 Å². The van der Waals surface area contributed by atoms with Crippen molar-refractivity contribution in [3.8, 4) is 5.75 Å². The summed E-state index contributed by atoms with van der Waals surface area (Å²) in [5, 5.41) is 12.4. The van der Waals surface area contributed by atoms with E-state index in [0.29, 0.717) is 23.7 Å². The Morgan fingerprint density at radius 3 is 2.64 bits per heavy atom. The predicted molar refractivity (Wildman–Crippen MR) is 95.4 cm³/mol. The molecule has 0 aromatic heterocycles. The third kappa shape index (κ3) is 4.39. The zero-order valence-corrected chi connectivity index (χ0v) is 14.0. The van der Waals surface area contributed by atoms with Crippen LogP contribution < -0.4 is 10.1 Å². The fraction of sp³-hybridized carbons (Fsp3) is 0.167. The number of imide groups is 1. The summed E-state index contributed by atoms with van der Waals surface area (Å²) in [7, 11) is 0. The summed E-state index contributed by atoms with van der Waals surface area (Å²) in [6.45, 7) is 0.350. The van der Waals surface area contributed by atoms with Crippen molar-refractivity contribution in [3.05, 3.63) is 46.9 Å². The molecule has 7 heteroatoms. The monoisotopic (exact) mass is 357 g/mol. The van der Waals surface area contributed by atoms with Gasteiger partial charge in [0.1, 0.15) is 5.75 Å². The Labute approximate surface area is 147 Å². The van der Waals surface area contributed by atoms with E-state index in [1.165, 1.54) is 0 Å². The predicted octanol–water partition coefficient (Wildman–Crippen LogP) is 3.41. The molecule has 1 heterocycles. The molecule has 1 aliphatic heterocycles. The third-order valence-corrected chi connectivity index (χ3v) is 4.39. The first-order chi connectivity index (χ1) is 12.0. The number of carbonyl (C=O) groups excluding carboxylic acids is 2. The first-order valence-electron chi connectivity index (χ1n) is 7.64. The molecule has 0 spiro atoms. The fourth-order valence-corrected chi connectivity index (χ4v) is 3.09. The number of ether oxygens (including phenoxy) is 1. The summed E-state index contributed by atoms with van der Waals surface area (Å²) in [5.41, 5.74) is 0.829. The molecule has 3 rings (SSSR count). The number of hydrogen-bond acceptors (Lipinski definition) is 5. The van der Waals surface area contributed by atoms with Crippen LogP contribution in [0.5, 0.6) is 5.75 Å². The molecule has 2 aromatic carbocycles. The van der Waals surface area contributed by atoms with Gasteiger partial charge < -0.3 is 9.84 Å². The van der Waals surface area contributed by atoms with Crippen molar-refractivity contribution in [2.75, 3.05) is 6.61 Å². The zero-order valence-electron chi connectivity index (χ0n) is 13.2. The van der Waals surface area contributed by atoms with Crippen LogP contribution in [-0.2, 0) is 9.59 Å². The van der Waals surface area contributed by atoms with Crippen LogP contribution in [0.1, 0.15) is 18.4 Å². The molecule has 0 bridgehead atoms. The highest BCUT2D eigenvalue weighted by molar-refractivity contribution is 8.18. The Bertz CT molecular complexity index is 890. The molecule has 6 nitrogen and oxygen atoms in total. The van der Waals surface area contributed by atoms with Gasteiger partial charge in [0, 0.05) is 6.42 Å². The van der Waals surface area contributed by atoms with Crippen LogP contribution in [0.15, 0.2) is 41.3 Å². The van der Waals surface area contributed by atoms with Crippen LogP contribution >= 0.6 is 11.8 Å². The Morgan fingerprint density at radius 2 is 1.92 bits per heavy atom. The van der Waals surface area contributed by atoms with Crippen molar-refractivity contribution in [1.82, 2.24) is 5.32 Å². The number of benzene rings is 2. The first-order valence-corrected chi connectivity index (χ1v) is 8.46. The number of carboxylic acids is 1. The van der Waals surface area contributed by atoms with Gasteiger partial charge in [0.25, 0.3) is 11.1 Å². The smallest absolute Gasteiger partial charge is 0.303 e. The lowest BCUT2D eigenvalue weighted by Gasteiger charge is -2.07. The molecule has 0 atom stereocenters. The molecule has 1 aliphatic rings. The number of nitrogens with one attached hydrogen (secondary N) is 1. The van der Waals surface area contributed by atoms with Crippen LogP contribution in [0.3, 0.4) is 0 Å². The number of amides is 2. The molecule has 128 valence electrons. The molecule has 2 aromatic rings. The topological polar surface area (TPSA) is 92.7 Å². The average molecular weight is 357 g/mol. The van der Waals surface area contributed by atoms with E-state index in [-0.39, 0.29) is 17.6 Å². The van der Waals surface area contributed by atoms with Crippen LogP contribution in [0.2, 0.25) is 0 Å². The summed E-state index contributed by atoms with van der Waals surface area (Å²) < 4.78 is 5.56. The summed E-state index contributed by atoms with van der Waals surface area (Å²) in [5.74, 6) is -0.528. The number of fused-ring (bicyclic) bond motifs is 1. The highest BCUT2D eigenvalue weighted by Crippen LogP contribution is 2.28. The largest absolute Gasteiger partial charge is 0.494 e.